The monoisotopic (exact) mass is 560 g/mol. The van der Waals surface area contributed by atoms with Crippen LogP contribution in [0.15, 0.2) is 60.2 Å². The number of allylic oxidation sites excluding steroid dienone is 2. The SMILES string of the molecule is CC1(C(=O)O)C=CC=C(C(=O)O)C1.Cc1c(O)ccc(C2CCC(C)(c3ccc(O)cc3)CC2)c1C1CCCCC1. The third kappa shape index (κ3) is 6.86. The topological polar surface area (TPSA) is 115 Å². The Labute approximate surface area is 243 Å². The second kappa shape index (κ2) is 12.5. The molecule has 2 fully saturated rings. The first-order chi connectivity index (χ1) is 19.4. The van der Waals surface area contributed by atoms with Crippen molar-refractivity contribution in [2.45, 2.75) is 102 Å². The van der Waals surface area contributed by atoms with Crippen LogP contribution in [0.5, 0.6) is 11.5 Å². The number of carboxylic acids is 2. The summed E-state index contributed by atoms with van der Waals surface area (Å²) in [6.07, 6.45) is 15.7. The van der Waals surface area contributed by atoms with E-state index in [4.69, 9.17) is 10.2 Å². The van der Waals surface area contributed by atoms with Crippen molar-refractivity contribution in [3.63, 3.8) is 0 Å². The average molecular weight is 561 g/mol. The fraction of sp³-hybridized carbons (Fsp3) is 0.486. The molecular formula is C35H44O6. The first-order valence-electron chi connectivity index (χ1n) is 14.9. The van der Waals surface area contributed by atoms with E-state index >= 15 is 0 Å². The Balaban J connectivity index is 0.000000251. The van der Waals surface area contributed by atoms with Crippen LogP contribution in [-0.4, -0.2) is 32.4 Å². The molecule has 1 atom stereocenters. The number of hydrogen-bond acceptors (Lipinski definition) is 4. The Bertz CT molecular complexity index is 1310. The molecule has 6 heteroatoms. The van der Waals surface area contributed by atoms with Gasteiger partial charge in [-0.15, -0.1) is 0 Å². The molecule has 3 aliphatic rings. The van der Waals surface area contributed by atoms with E-state index in [1.165, 1.54) is 99.6 Å². The number of aliphatic carboxylic acids is 2. The zero-order valence-electron chi connectivity index (χ0n) is 24.5. The van der Waals surface area contributed by atoms with Crippen LogP contribution in [0.4, 0.5) is 0 Å². The Morgan fingerprint density at radius 3 is 2.05 bits per heavy atom. The van der Waals surface area contributed by atoms with Crippen LogP contribution in [0.1, 0.15) is 112 Å². The molecule has 0 saturated heterocycles. The van der Waals surface area contributed by atoms with Crippen LogP contribution in [0, 0.1) is 12.3 Å². The summed E-state index contributed by atoms with van der Waals surface area (Å²) < 4.78 is 0. The van der Waals surface area contributed by atoms with Crippen molar-refractivity contribution in [2.24, 2.45) is 5.41 Å². The minimum atomic E-state index is -1.08. The predicted octanol–water partition coefficient (Wildman–Crippen LogP) is 8.12. The molecule has 220 valence electrons. The molecule has 0 bridgehead atoms. The Kier molecular flexibility index (Phi) is 9.31. The van der Waals surface area contributed by atoms with E-state index in [9.17, 15) is 19.8 Å². The van der Waals surface area contributed by atoms with E-state index in [0.29, 0.717) is 23.3 Å². The van der Waals surface area contributed by atoms with Crippen LogP contribution in [0.2, 0.25) is 0 Å². The van der Waals surface area contributed by atoms with E-state index in [1.807, 2.05) is 18.2 Å². The van der Waals surface area contributed by atoms with E-state index in [-0.39, 0.29) is 17.4 Å². The van der Waals surface area contributed by atoms with Crippen LogP contribution in [0.25, 0.3) is 0 Å². The molecule has 3 aliphatic carbocycles. The first-order valence-corrected chi connectivity index (χ1v) is 14.9. The Morgan fingerprint density at radius 1 is 0.829 bits per heavy atom. The fourth-order valence-electron chi connectivity index (χ4n) is 6.93. The molecule has 0 heterocycles. The van der Waals surface area contributed by atoms with Crippen molar-refractivity contribution in [3.8, 4) is 11.5 Å². The number of benzene rings is 2. The highest BCUT2D eigenvalue weighted by Gasteiger charge is 2.36. The highest BCUT2D eigenvalue weighted by Crippen LogP contribution is 2.48. The largest absolute Gasteiger partial charge is 0.508 e. The number of carbonyl (C=O) groups is 2. The molecule has 0 aliphatic heterocycles. The Morgan fingerprint density at radius 2 is 1.46 bits per heavy atom. The quantitative estimate of drug-likeness (QED) is 0.294. The molecule has 0 amide bonds. The van der Waals surface area contributed by atoms with Gasteiger partial charge in [-0.05, 0) is 116 Å². The zero-order chi connectivity index (χ0) is 29.8. The van der Waals surface area contributed by atoms with Gasteiger partial charge in [0.05, 0.1) is 5.41 Å². The average Bonchev–Trinajstić information content (AvgIpc) is 2.96. The normalized spacial score (nSPS) is 26.4. The number of phenolic OH excluding ortho intramolecular Hbond substituents is 2. The van der Waals surface area contributed by atoms with Crippen LogP contribution in [0.3, 0.4) is 0 Å². The van der Waals surface area contributed by atoms with Crippen LogP contribution >= 0.6 is 0 Å². The first kappa shape index (κ1) is 30.4. The van der Waals surface area contributed by atoms with Gasteiger partial charge >= 0.3 is 11.9 Å². The second-order valence-corrected chi connectivity index (χ2v) is 12.7. The fourth-order valence-corrected chi connectivity index (χ4v) is 6.93. The van der Waals surface area contributed by atoms with Crippen molar-refractivity contribution in [3.05, 3.63) is 82.5 Å². The molecular weight excluding hydrogens is 516 g/mol. The molecule has 0 radical (unpaired) electrons. The number of aromatic hydroxyl groups is 2. The van der Waals surface area contributed by atoms with Gasteiger partial charge in [-0.1, -0.05) is 62.6 Å². The molecule has 2 saturated carbocycles. The summed E-state index contributed by atoms with van der Waals surface area (Å²) >= 11 is 0. The van der Waals surface area contributed by atoms with Crippen molar-refractivity contribution in [1.29, 1.82) is 0 Å². The summed E-state index contributed by atoms with van der Waals surface area (Å²) in [5.74, 6) is -0.0260. The van der Waals surface area contributed by atoms with E-state index < -0.39 is 17.4 Å². The lowest BCUT2D eigenvalue weighted by Gasteiger charge is -2.39. The molecule has 0 spiro atoms. The van der Waals surface area contributed by atoms with Crippen molar-refractivity contribution >= 4 is 11.9 Å². The minimum Gasteiger partial charge on any atom is -0.508 e. The van der Waals surface area contributed by atoms with E-state index in [2.05, 4.69) is 32.0 Å². The third-order valence-electron chi connectivity index (χ3n) is 9.71. The minimum absolute atomic E-state index is 0.0359. The van der Waals surface area contributed by atoms with Gasteiger partial charge in [0.2, 0.25) is 0 Å². The highest BCUT2D eigenvalue weighted by atomic mass is 16.4. The molecule has 0 aromatic heterocycles. The summed E-state index contributed by atoms with van der Waals surface area (Å²) in [6.45, 7) is 5.99. The maximum atomic E-state index is 10.8. The number of phenols is 2. The summed E-state index contributed by atoms with van der Waals surface area (Å²) in [4.78, 5) is 21.3. The number of carboxylic acid groups (broad SMARTS) is 2. The number of hydrogen-bond donors (Lipinski definition) is 4. The van der Waals surface area contributed by atoms with Crippen LogP contribution in [-0.2, 0) is 15.0 Å². The van der Waals surface area contributed by atoms with Crippen molar-refractivity contribution in [1.82, 2.24) is 0 Å². The highest BCUT2D eigenvalue weighted by molar-refractivity contribution is 5.90. The lowest BCUT2D eigenvalue weighted by Crippen LogP contribution is -2.28. The van der Waals surface area contributed by atoms with Gasteiger partial charge in [0.25, 0.3) is 0 Å². The molecule has 1 unspecified atom stereocenters. The van der Waals surface area contributed by atoms with Gasteiger partial charge < -0.3 is 20.4 Å². The third-order valence-corrected chi connectivity index (χ3v) is 9.71. The molecule has 5 rings (SSSR count). The van der Waals surface area contributed by atoms with Gasteiger partial charge in [-0.3, -0.25) is 4.79 Å². The van der Waals surface area contributed by atoms with Gasteiger partial charge in [-0.25, -0.2) is 4.79 Å². The van der Waals surface area contributed by atoms with E-state index in [1.54, 1.807) is 0 Å². The molecule has 4 N–H and O–H groups in total. The predicted molar refractivity (Wildman–Crippen MR) is 161 cm³/mol. The van der Waals surface area contributed by atoms with Crippen molar-refractivity contribution in [2.75, 3.05) is 0 Å². The van der Waals surface area contributed by atoms with Gasteiger partial charge in [-0.2, -0.15) is 0 Å². The lowest BCUT2D eigenvalue weighted by atomic mass is 9.65. The maximum absolute atomic E-state index is 10.8. The second-order valence-electron chi connectivity index (χ2n) is 12.7. The molecule has 6 nitrogen and oxygen atoms in total. The molecule has 41 heavy (non-hydrogen) atoms. The van der Waals surface area contributed by atoms with Gasteiger partial charge in [0, 0.05) is 5.57 Å². The van der Waals surface area contributed by atoms with Gasteiger partial charge in [0.15, 0.2) is 0 Å². The maximum Gasteiger partial charge on any atom is 0.331 e. The Hall–Kier alpha value is -3.54. The smallest absolute Gasteiger partial charge is 0.331 e. The summed E-state index contributed by atoms with van der Waals surface area (Å²) in [6, 6.07) is 12.0. The molecule has 2 aromatic carbocycles. The standard InChI is InChI=1S/C26H34O2.C9H10O4/c1-18-24(28)13-12-23(25(18)20-6-4-3-5-7-20)19-14-16-26(2,17-15-19)21-8-10-22(27)11-9-21;1-9(8(12)13)4-2-3-6(5-9)7(10)11/h8-13,19-20,27-28H,3-7,14-17H2,1-2H3;2-4H,5H2,1H3,(H,10,11)(H,12,13). The van der Waals surface area contributed by atoms with E-state index in [0.717, 1.165) is 5.56 Å². The van der Waals surface area contributed by atoms with Crippen LogP contribution < -0.4 is 0 Å². The number of rotatable bonds is 5. The van der Waals surface area contributed by atoms with Crippen molar-refractivity contribution < 1.29 is 30.0 Å². The summed E-state index contributed by atoms with van der Waals surface area (Å²) in [5.41, 5.74) is 4.69. The summed E-state index contributed by atoms with van der Waals surface area (Å²) in [7, 11) is 0. The molecule has 2 aromatic rings. The van der Waals surface area contributed by atoms with Gasteiger partial charge in [0.1, 0.15) is 11.5 Å². The zero-order valence-corrected chi connectivity index (χ0v) is 24.5. The lowest BCUT2D eigenvalue weighted by molar-refractivity contribution is -0.145. The summed E-state index contributed by atoms with van der Waals surface area (Å²) in [5, 5.41) is 37.5.